The Bertz CT molecular complexity index is 241. The normalized spacial score (nSPS) is 49.5. The highest BCUT2D eigenvalue weighted by Gasteiger charge is 2.41. The zero-order chi connectivity index (χ0) is 11.1. The molecule has 2 heteroatoms. The Balaban J connectivity index is 1.65. The Hall–Kier alpha value is -0.0800. The Morgan fingerprint density at radius 1 is 1.00 bits per heavy atom. The first-order valence-electron chi connectivity index (χ1n) is 7.20. The molecule has 92 valence electrons. The molecule has 5 unspecified atom stereocenters. The number of nitrogens with one attached hydrogen (secondary N) is 1. The Labute approximate surface area is 99.8 Å². The average Bonchev–Trinajstić information content (AvgIpc) is 2.81. The van der Waals surface area contributed by atoms with Crippen LogP contribution >= 0.6 is 0 Å². The van der Waals surface area contributed by atoms with Crippen molar-refractivity contribution in [3.8, 4) is 0 Å². The van der Waals surface area contributed by atoms with Gasteiger partial charge in [-0.05, 0) is 43.2 Å². The summed E-state index contributed by atoms with van der Waals surface area (Å²) >= 11 is 0. The summed E-state index contributed by atoms with van der Waals surface area (Å²) in [6.45, 7) is 10.2. The molecular weight excluding hydrogens is 196 g/mol. The van der Waals surface area contributed by atoms with Crippen LogP contribution in [0.5, 0.6) is 0 Å². The fourth-order valence-electron chi connectivity index (χ4n) is 4.23. The first kappa shape index (κ1) is 11.0. The van der Waals surface area contributed by atoms with Crippen molar-refractivity contribution in [3.05, 3.63) is 0 Å². The van der Waals surface area contributed by atoms with Crippen LogP contribution in [0.15, 0.2) is 0 Å². The molecule has 0 aromatic carbocycles. The van der Waals surface area contributed by atoms with Crippen molar-refractivity contribution in [1.82, 2.24) is 10.2 Å². The van der Waals surface area contributed by atoms with Gasteiger partial charge in [0.25, 0.3) is 0 Å². The van der Waals surface area contributed by atoms with E-state index in [1.165, 1.54) is 45.4 Å². The molecule has 0 radical (unpaired) electrons. The van der Waals surface area contributed by atoms with Crippen LogP contribution in [0.4, 0.5) is 0 Å². The van der Waals surface area contributed by atoms with Crippen LogP contribution in [0.2, 0.25) is 0 Å². The minimum absolute atomic E-state index is 0.898. The summed E-state index contributed by atoms with van der Waals surface area (Å²) in [5, 5.41) is 3.54. The monoisotopic (exact) mass is 222 g/mol. The van der Waals surface area contributed by atoms with Gasteiger partial charge in [0.2, 0.25) is 0 Å². The van der Waals surface area contributed by atoms with Gasteiger partial charge < -0.3 is 5.32 Å². The van der Waals surface area contributed by atoms with Crippen LogP contribution in [0, 0.1) is 23.7 Å². The molecule has 2 nitrogen and oxygen atoms in total. The van der Waals surface area contributed by atoms with E-state index in [2.05, 4.69) is 24.1 Å². The lowest BCUT2D eigenvalue weighted by atomic mass is 9.77. The van der Waals surface area contributed by atoms with Crippen molar-refractivity contribution >= 4 is 0 Å². The van der Waals surface area contributed by atoms with E-state index in [1.807, 2.05) is 0 Å². The quantitative estimate of drug-likeness (QED) is 0.729. The first-order chi connectivity index (χ1) is 7.75. The fourth-order valence-corrected chi connectivity index (χ4v) is 4.23. The van der Waals surface area contributed by atoms with Gasteiger partial charge >= 0.3 is 0 Å². The largest absolute Gasteiger partial charge is 0.316 e. The van der Waals surface area contributed by atoms with Gasteiger partial charge in [0.1, 0.15) is 0 Å². The topological polar surface area (TPSA) is 15.3 Å². The molecular formula is C14H26N2. The van der Waals surface area contributed by atoms with Gasteiger partial charge in [0.15, 0.2) is 0 Å². The molecule has 5 atom stereocenters. The summed E-state index contributed by atoms with van der Waals surface area (Å²) in [5.41, 5.74) is 0. The first-order valence-corrected chi connectivity index (χ1v) is 7.20. The molecule has 16 heavy (non-hydrogen) atoms. The number of hydrogen-bond donors (Lipinski definition) is 1. The highest BCUT2D eigenvalue weighted by atomic mass is 15.2. The third-order valence-electron chi connectivity index (χ3n) is 5.55. The number of hydrogen-bond acceptors (Lipinski definition) is 2. The second-order valence-corrected chi connectivity index (χ2v) is 6.47. The second kappa shape index (κ2) is 4.30. The van der Waals surface area contributed by atoms with Gasteiger partial charge in [-0.25, -0.2) is 0 Å². The summed E-state index contributed by atoms with van der Waals surface area (Å²) in [5.74, 6) is 3.78. The van der Waals surface area contributed by atoms with Gasteiger partial charge in [-0.2, -0.15) is 0 Å². The highest BCUT2D eigenvalue weighted by molar-refractivity contribution is 4.95. The van der Waals surface area contributed by atoms with E-state index >= 15 is 0 Å². The van der Waals surface area contributed by atoms with Crippen molar-refractivity contribution in [3.63, 3.8) is 0 Å². The highest BCUT2D eigenvalue weighted by Crippen LogP contribution is 2.37. The lowest BCUT2D eigenvalue weighted by Crippen LogP contribution is -2.44. The fraction of sp³-hybridized carbons (Fsp3) is 1.00. The molecule has 0 amide bonds. The van der Waals surface area contributed by atoms with Crippen LogP contribution in [0.1, 0.15) is 33.1 Å². The van der Waals surface area contributed by atoms with E-state index in [9.17, 15) is 0 Å². The Morgan fingerprint density at radius 3 is 2.38 bits per heavy atom. The van der Waals surface area contributed by atoms with Gasteiger partial charge in [0, 0.05) is 19.1 Å². The molecule has 3 aliphatic rings. The molecule has 3 rings (SSSR count). The summed E-state index contributed by atoms with van der Waals surface area (Å²) in [6.07, 6.45) is 4.37. The zero-order valence-electron chi connectivity index (χ0n) is 10.8. The smallest absolute Gasteiger partial charge is 0.0124 e. The lowest BCUT2D eigenvalue weighted by Gasteiger charge is -2.40. The summed E-state index contributed by atoms with van der Waals surface area (Å²) in [7, 11) is 0. The van der Waals surface area contributed by atoms with Crippen LogP contribution < -0.4 is 5.32 Å². The van der Waals surface area contributed by atoms with Crippen molar-refractivity contribution in [2.75, 3.05) is 26.2 Å². The SMILES string of the molecule is CC1CCCC(N2CC3CNCC3C2)C1C. The molecule has 1 saturated carbocycles. The van der Waals surface area contributed by atoms with Crippen LogP contribution in [-0.4, -0.2) is 37.1 Å². The standard InChI is InChI=1S/C14H26N2/c1-10-4-3-5-14(11(10)2)16-8-12-6-15-7-13(12)9-16/h10-15H,3-9H2,1-2H3. The molecule has 0 bridgehead atoms. The summed E-state index contributed by atoms with van der Waals surface area (Å²) < 4.78 is 0. The average molecular weight is 222 g/mol. The third-order valence-corrected chi connectivity index (χ3v) is 5.55. The van der Waals surface area contributed by atoms with E-state index in [4.69, 9.17) is 0 Å². The zero-order valence-corrected chi connectivity index (χ0v) is 10.8. The number of nitrogens with zero attached hydrogens (tertiary/aromatic N) is 1. The molecule has 2 heterocycles. The predicted molar refractivity (Wildman–Crippen MR) is 67.4 cm³/mol. The maximum absolute atomic E-state index is 3.54. The molecule has 1 aliphatic carbocycles. The third kappa shape index (κ3) is 1.80. The summed E-state index contributed by atoms with van der Waals surface area (Å²) in [6, 6.07) is 0.898. The number of rotatable bonds is 1. The molecule has 1 N–H and O–H groups in total. The second-order valence-electron chi connectivity index (χ2n) is 6.47. The van der Waals surface area contributed by atoms with E-state index in [-0.39, 0.29) is 0 Å². The molecule has 2 saturated heterocycles. The van der Waals surface area contributed by atoms with Crippen molar-refractivity contribution in [1.29, 1.82) is 0 Å². The van der Waals surface area contributed by atoms with Gasteiger partial charge in [-0.1, -0.05) is 26.7 Å². The number of likely N-dealkylation sites (tertiary alicyclic amines) is 1. The van der Waals surface area contributed by atoms with Crippen LogP contribution in [0.25, 0.3) is 0 Å². The molecule has 3 fully saturated rings. The maximum atomic E-state index is 3.54. The van der Waals surface area contributed by atoms with E-state index < -0.39 is 0 Å². The minimum atomic E-state index is 0.898. The Kier molecular flexibility index (Phi) is 2.97. The molecule has 0 spiro atoms. The van der Waals surface area contributed by atoms with Gasteiger partial charge in [-0.3, -0.25) is 4.90 Å². The minimum Gasteiger partial charge on any atom is -0.316 e. The maximum Gasteiger partial charge on any atom is 0.0124 e. The molecule has 0 aromatic heterocycles. The van der Waals surface area contributed by atoms with Crippen molar-refractivity contribution in [2.24, 2.45) is 23.7 Å². The molecule has 2 aliphatic heterocycles. The lowest BCUT2D eigenvalue weighted by molar-refractivity contribution is 0.0951. The van der Waals surface area contributed by atoms with E-state index in [0.29, 0.717) is 0 Å². The Morgan fingerprint density at radius 2 is 1.69 bits per heavy atom. The summed E-state index contributed by atoms with van der Waals surface area (Å²) in [4.78, 5) is 2.83. The van der Waals surface area contributed by atoms with E-state index in [0.717, 1.165) is 29.7 Å². The predicted octanol–water partition coefficient (Wildman–Crippen LogP) is 1.96. The van der Waals surface area contributed by atoms with Gasteiger partial charge in [0.05, 0.1) is 0 Å². The van der Waals surface area contributed by atoms with Gasteiger partial charge in [-0.15, -0.1) is 0 Å². The van der Waals surface area contributed by atoms with Crippen molar-refractivity contribution < 1.29 is 0 Å². The molecule has 0 aromatic rings. The van der Waals surface area contributed by atoms with Crippen molar-refractivity contribution in [2.45, 2.75) is 39.2 Å². The van der Waals surface area contributed by atoms with Crippen LogP contribution in [-0.2, 0) is 0 Å². The van der Waals surface area contributed by atoms with Crippen LogP contribution in [0.3, 0.4) is 0 Å². The number of fused-ring (bicyclic) bond motifs is 1. The van der Waals surface area contributed by atoms with E-state index in [1.54, 1.807) is 0 Å².